The highest BCUT2D eigenvalue weighted by Gasteiger charge is 2.16. The van der Waals surface area contributed by atoms with E-state index in [0.717, 1.165) is 22.0 Å². The molecule has 0 amide bonds. The molecule has 5 heteroatoms. The molecule has 0 aliphatic heterocycles. The topological polar surface area (TPSA) is 56.2 Å². The maximum absolute atomic E-state index is 6.15. The highest BCUT2D eigenvalue weighted by atomic mass is 32.1. The van der Waals surface area contributed by atoms with Gasteiger partial charge in [-0.1, -0.05) is 6.07 Å². The average molecular weight is 244 g/mol. The Morgan fingerprint density at radius 3 is 2.76 bits per heavy atom. The lowest BCUT2D eigenvalue weighted by molar-refractivity contribution is 1.12. The lowest BCUT2D eigenvalue weighted by atomic mass is 10.3. The second-order valence-corrected chi connectivity index (χ2v) is 5.10. The Balaban J connectivity index is 2.30. The number of nitrogens with zero attached hydrogens (tertiary/aromatic N) is 3. The molecule has 3 rings (SSSR count). The summed E-state index contributed by atoms with van der Waals surface area (Å²) in [6.45, 7) is 4.13. The molecule has 86 valence electrons. The van der Waals surface area contributed by atoms with E-state index in [1.54, 1.807) is 17.5 Å². The van der Waals surface area contributed by atoms with Gasteiger partial charge in [-0.3, -0.25) is 9.38 Å². The minimum Gasteiger partial charge on any atom is -0.383 e. The Labute approximate surface area is 103 Å². The van der Waals surface area contributed by atoms with Crippen LogP contribution in [0.3, 0.4) is 0 Å². The van der Waals surface area contributed by atoms with Gasteiger partial charge >= 0.3 is 0 Å². The van der Waals surface area contributed by atoms with E-state index < -0.39 is 0 Å². The van der Waals surface area contributed by atoms with Crippen LogP contribution in [0.5, 0.6) is 0 Å². The number of anilines is 1. The lowest BCUT2D eigenvalue weighted by Crippen LogP contribution is -1.96. The number of thiazole rings is 1. The summed E-state index contributed by atoms with van der Waals surface area (Å²) in [4.78, 5) is 11.0. The molecule has 0 atom stereocenters. The van der Waals surface area contributed by atoms with Crippen LogP contribution >= 0.6 is 11.3 Å². The van der Waals surface area contributed by atoms with E-state index in [1.165, 1.54) is 4.88 Å². The molecular weight excluding hydrogens is 232 g/mol. The van der Waals surface area contributed by atoms with E-state index in [4.69, 9.17) is 5.73 Å². The van der Waals surface area contributed by atoms with Crippen LogP contribution in [0.25, 0.3) is 16.3 Å². The van der Waals surface area contributed by atoms with E-state index in [2.05, 4.69) is 23.8 Å². The molecular formula is C12H12N4S. The Bertz CT molecular complexity index is 681. The van der Waals surface area contributed by atoms with Gasteiger partial charge in [0.15, 0.2) is 4.96 Å². The number of pyridine rings is 1. The number of rotatable bonds is 1. The Morgan fingerprint density at radius 2 is 2.12 bits per heavy atom. The van der Waals surface area contributed by atoms with Gasteiger partial charge < -0.3 is 5.73 Å². The van der Waals surface area contributed by atoms with Crippen LogP contribution in [0, 0.1) is 13.8 Å². The third-order valence-electron chi connectivity index (χ3n) is 2.88. The smallest absolute Gasteiger partial charge is 0.196 e. The van der Waals surface area contributed by atoms with Crippen molar-refractivity contribution in [1.82, 2.24) is 14.4 Å². The maximum Gasteiger partial charge on any atom is 0.196 e. The molecule has 0 spiro atoms. The summed E-state index contributed by atoms with van der Waals surface area (Å²) in [7, 11) is 0. The number of aryl methyl sites for hydroxylation is 2. The fourth-order valence-corrected chi connectivity index (χ4v) is 2.84. The van der Waals surface area contributed by atoms with Gasteiger partial charge in [0.05, 0.1) is 5.69 Å². The van der Waals surface area contributed by atoms with Crippen molar-refractivity contribution < 1.29 is 0 Å². The molecule has 0 aliphatic rings. The molecule has 0 saturated heterocycles. The number of imidazole rings is 1. The highest BCUT2D eigenvalue weighted by Crippen LogP contribution is 2.31. The summed E-state index contributed by atoms with van der Waals surface area (Å²) < 4.78 is 1.99. The van der Waals surface area contributed by atoms with Crippen LogP contribution in [0.2, 0.25) is 0 Å². The largest absolute Gasteiger partial charge is 0.383 e. The van der Waals surface area contributed by atoms with Crippen molar-refractivity contribution in [2.45, 2.75) is 13.8 Å². The van der Waals surface area contributed by atoms with Crippen molar-refractivity contribution in [3.8, 4) is 11.4 Å². The molecule has 0 aliphatic carbocycles. The van der Waals surface area contributed by atoms with E-state index in [-0.39, 0.29) is 0 Å². The first kappa shape index (κ1) is 10.3. The molecule has 0 bridgehead atoms. The number of hydrogen-bond acceptors (Lipinski definition) is 4. The van der Waals surface area contributed by atoms with Gasteiger partial charge in [-0.25, -0.2) is 4.98 Å². The van der Waals surface area contributed by atoms with Crippen LogP contribution in [-0.4, -0.2) is 14.4 Å². The summed E-state index contributed by atoms with van der Waals surface area (Å²) in [5.74, 6) is 0.667. The minimum atomic E-state index is 0.667. The maximum atomic E-state index is 6.15. The molecule has 0 fully saturated rings. The second kappa shape index (κ2) is 3.56. The third-order valence-corrected chi connectivity index (χ3v) is 3.94. The first-order valence-electron chi connectivity index (χ1n) is 5.34. The fourth-order valence-electron chi connectivity index (χ4n) is 1.86. The third kappa shape index (κ3) is 1.43. The molecule has 4 nitrogen and oxygen atoms in total. The summed E-state index contributed by atoms with van der Waals surface area (Å²) >= 11 is 1.65. The van der Waals surface area contributed by atoms with Gasteiger partial charge in [0.2, 0.25) is 0 Å². The van der Waals surface area contributed by atoms with Gasteiger partial charge in [0, 0.05) is 16.8 Å². The molecule has 0 aromatic carbocycles. The number of hydrogen-bond donors (Lipinski definition) is 1. The number of aromatic nitrogens is 3. The van der Waals surface area contributed by atoms with Gasteiger partial charge in [-0.05, 0) is 26.0 Å². The molecule has 0 saturated carbocycles. The van der Waals surface area contributed by atoms with Crippen molar-refractivity contribution in [1.29, 1.82) is 0 Å². The zero-order chi connectivity index (χ0) is 12.0. The molecule has 3 heterocycles. The Morgan fingerprint density at radius 1 is 1.29 bits per heavy atom. The first-order chi connectivity index (χ1) is 8.18. The van der Waals surface area contributed by atoms with Crippen molar-refractivity contribution in [3.63, 3.8) is 0 Å². The summed E-state index contributed by atoms with van der Waals surface area (Å²) in [6, 6.07) is 5.74. The van der Waals surface area contributed by atoms with Crippen molar-refractivity contribution in [2.75, 3.05) is 5.73 Å². The summed E-state index contributed by atoms with van der Waals surface area (Å²) in [5, 5.41) is 0. The normalized spacial score (nSPS) is 11.2. The number of fused-ring (bicyclic) bond motifs is 1. The lowest BCUT2D eigenvalue weighted by Gasteiger charge is -1.99. The van der Waals surface area contributed by atoms with Gasteiger partial charge in [-0.15, -0.1) is 11.3 Å². The summed E-state index contributed by atoms with van der Waals surface area (Å²) in [5.41, 5.74) is 8.88. The predicted molar refractivity (Wildman–Crippen MR) is 70.2 cm³/mol. The first-order valence-corrected chi connectivity index (χ1v) is 6.15. The number of nitrogen functional groups attached to an aromatic ring is 1. The van der Waals surface area contributed by atoms with Crippen molar-refractivity contribution in [3.05, 3.63) is 35.0 Å². The van der Waals surface area contributed by atoms with Crippen molar-refractivity contribution >= 4 is 22.1 Å². The quantitative estimate of drug-likeness (QED) is 0.716. The molecule has 0 radical (unpaired) electrons. The number of nitrogens with two attached hydrogens (primary N) is 1. The van der Waals surface area contributed by atoms with E-state index in [9.17, 15) is 0 Å². The monoisotopic (exact) mass is 244 g/mol. The van der Waals surface area contributed by atoms with Gasteiger partial charge in [0.25, 0.3) is 0 Å². The standard InChI is InChI=1S/C12H12N4S/c1-7-8(2)17-12-15-10(11(13)16(7)12)9-5-3-4-6-14-9/h3-6H,13H2,1-2H3. The van der Waals surface area contributed by atoms with Crippen LogP contribution in [0.4, 0.5) is 5.82 Å². The second-order valence-electron chi connectivity index (χ2n) is 3.92. The highest BCUT2D eigenvalue weighted by molar-refractivity contribution is 7.17. The molecule has 3 aromatic heterocycles. The van der Waals surface area contributed by atoms with E-state index in [1.807, 2.05) is 22.6 Å². The van der Waals surface area contributed by atoms with E-state index in [0.29, 0.717) is 5.82 Å². The minimum absolute atomic E-state index is 0.667. The Hall–Kier alpha value is -1.88. The molecule has 3 aromatic rings. The summed E-state index contributed by atoms with van der Waals surface area (Å²) in [6.07, 6.45) is 1.75. The van der Waals surface area contributed by atoms with Crippen LogP contribution in [-0.2, 0) is 0 Å². The van der Waals surface area contributed by atoms with Crippen LogP contribution in [0.15, 0.2) is 24.4 Å². The zero-order valence-corrected chi connectivity index (χ0v) is 10.5. The fraction of sp³-hybridized carbons (Fsp3) is 0.167. The SMILES string of the molecule is Cc1sc2nc(-c3ccccn3)c(N)n2c1C. The van der Waals surface area contributed by atoms with Crippen LogP contribution < -0.4 is 5.73 Å². The molecule has 0 unspecified atom stereocenters. The van der Waals surface area contributed by atoms with Gasteiger partial charge in [0.1, 0.15) is 11.5 Å². The zero-order valence-electron chi connectivity index (χ0n) is 9.64. The molecule has 2 N–H and O–H groups in total. The van der Waals surface area contributed by atoms with Crippen molar-refractivity contribution in [2.24, 2.45) is 0 Å². The molecule has 17 heavy (non-hydrogen) atoms. The van der Waals surface area contributed by atoms with Gasteiger partial charge in [-0.2, -0.15) is 0 Å². The predicted octanol–water partition coefficient (Wildman–Crippen LogP) is 2.66. The van der Waals surface area contributed by atoms with Crippen LogP contribution in [0.1, 0.15) is 10.6 Å². The average Bonchev–Trinajstić information content (AvgIpc) is 2.80. The Kier molecular flexibility index (Phi) is 2.16. The van der Waals surface area contributed by atoms with E-state index >= 15 is 0 Å².